The fourth-order valence-corrected chi connectivity index (χ4v) is 2.02. The van der Waals surface area contributed by atoms with Gasteiger partial charge in [-0.05, 0) is 32.1 Å². The van der Waals surface area contributed by atoms with Crippen molar-refractivity contribution < 1.29 is 14.6 Å². The van der Waals surface area contributed by atoms with Gasteiger partial charge in [0, 0.05) is 13.0 Å². The number of hydrogen-bond donors (Lipinski definition) is 1. The fraction of sp³-hybridized carbons (Fsp3) is 0.833. The predicted octanol–water partition coefficient (Wildman–Crippen LogP) is 1.45. The second-order valence-electron chi connectivity index (χ2n) is 4.40. The van der Waals surface area contributed by atoms with Crippen LogP contribution in [-0.4, -0.2) is 29.7 Å². The summed E-state index contributed by atoms with van der Waals surface area (Å²) in [5.74, 6) is 2.48. The van der Waals surface area contributed by atoms with Gasteiger partial charge >= 0.3 is 0 Å². The molecule has 0 aromatic heterocycles. The number of hydrogen-bond acceptors (Lipinski definition) is 3. The number of rotatable bonds is 4. The lowest BCUT2D eigenvalue weighted by molar-refractivity contribution is -0.216. The van der Waals surface area contributed by atoms with Crippen LogP contribution in [0.2, 0.25) is 0 Å². The van der Waals surface area contributed by atoms with Crippen molar-refractivity contribution in [1.82, 2.24) is 0 Å². The smallest absolute Gasteiger partial charge is 0.158 e. The molecule has 1 heterocycles. The van der Waals surface area contributed by atoms with E-state index < -0.39 is 11.7 Å². The summed E-state index contributed by atoms with van der Waals surface area (Å²) in [6.07, 6.45) is 9.88. The first-order valence-corrected chi connectivity index (χ1v) is 5.68. The van der Waals surface area contributed by atoms with Crippen LogP contribution >= 0.6 is 0 Å². The Morgan fingerprint density at radius 2 is 2.33 bits per heavy atom. The number of aliphatic hydroxyl groups is 1. The molecule has 0 spiro atoms. The molecule has 1 N–H and O–H groups in total. The summed E-state index contributed by atoms with van der Waals surface area (Å²) in [6.45, 7) is 0.770. The third kappa shape index (κ3) is 2.52. The first kappa shape index (κ1) is 10.9. The number of terminal acetylenes is 1. The molecule has 2 unspecified atom stereocenters. The molecule has 3 heteroatoms. The summed E-state index contributed by atoms with van der Waals surface area (Å²) in [7, 11) is 0. The molecule has 1 aliphatic heterocycles. The van der Waals surface area contributed by atoms with Gasteiger partial charge in [-0.15, -0.1) is 12.3 Å². The standard InChI is InChI=1S/C12H18O3/c1-2-5-10(13)12(7-8-12)15-11-6-3-4-9-14-11/h1,10-11,13H,3-9H2. The Balaban J connectivity index is 1.84. The molecule has 84 valence electrons. The van der Waals surface area contributed by atoms with E-state index in [4.69, 9.17) is 15.9 Å². The zero-order chi connectivity index (χ0) is 10.7. The molecule has 2 rings (SSSR count). The minimum atomic E-state index is -0.534. The number of ether oxygens (including phenoxy) is 2. The van der Waals surface area contributed by atoms with Gasteiger partial charge in [-0.1, -0.05) is 0 Å². The van der Waals surface area contributed by atoms with E-state index >= 15 is 0 Å². The van der Waals surface area contributed by atoms with Gasteiger partial charge in [0.2, 0.25) is 0 Å². The molecule has 0 bridgehead atoms. The molecule has 2 fully saturated rings. The quantitative estimate of drug-likeness (QED) is 0.714. The largest absolute Gasteiger partial charge is 0.389 e. The Bertz CT molecular complexity index is 246. The van der Waals surface area contributed by atoms with Crippen LogP contribution < -0.4 is 0 Å². The topological polar surface area (TPSA) is 38.7 Å². The summed E-state index contributed by atoms with van der Waals surface area (Å²) in [5.41, 5.74) is -0.394. The highest BCUT2D eigenvalue weighted by molar-refractivity contribution is 5.06. The van der Waals surface area contributed by atoms with Gasteiger partial charge < -0.3 is 14.6 Å². The summed E-state index contributed by atoms with van der Waals surface area (Å²) in [4.78, 5) is 0. The lowest BCUT2D eigenvalue weighted by Gasteiger charge is -2.29. The molecule has 2 aliphatic rings. The molecule has 15 heavy (non-hydrogen) atoms. The number of aliphatic hydroxyl groups excluding tert-OH is 1. The fourth-order valence-electron chi connectivity index (χ4n) is 2.02. The van der Waals surface area contributed by atoms with Crippen molar-refractivity contribution >= 4 is 0 Å². The van der Waals surface area contributed by atoms with Gasteiger partial charge in [-0.3, -0.25) is 0 Å². The molecule has 2 atom stereocenters. The first-order valence-electron chi connectivity index (χ1n) is 5.68. The maximum Gasteiger partial charge on any atom is 0.158 e. The van der Waals surface area contributed by atoms with Crippen molar-refractivity contribution in [3.05, 3.63) is 0 Å². The average Bonchev–Trinajstić information content (AvgIpc) is 3.01. The summed E-state index contributed by atoms with van der Waals surface area (Å²) in [5, 5.41) is 9.85. The normalized spacial score (nSPS) is 30.5. The van der Waals surface area contributed by atoms with Crippen molar-refractivity contribution in [1.29, 1.82) is 0 Å². The van der Waals surface area contributed by atoms with E-state index in [1.54, 1.807) is 0 Å². The molecule has 1 saturated carbocycles. The minimum absolute atomic E-state index is 0.131. The maximum atomic E-state index is 9.85. The molecule has 3 nitrogen and oxygen atoms in total. The Hall–Kier alpha value is -0.560. The summed E-state index contributed by atoms with van der Waals surface area (Å²) in [6, 6.07) is 0. The van der Waals surface area contributed by atoms with Crippen molar-refractivity contribution in [2.24, 2.45) is 0 Å². The van der Waals surface area contributed by atoms with E-state index in [1.807, 2.05) is 0 Å². The first-order chi connectivity index (χ1) is 7.27. The van der Waals surface area contributed by atoms with E-state index in [2.05, 4.69) is 5.92 Å². The molecule has 0 amide bonds. The van der Waals surface area contributed by atoms with E-state index in [0.29, 0.717) is 6.42 Å². The van der Waals surface area contributed by atoms with Crippen LogP contribution in [0.1, 0.15) is 38.5 Å². The van der Waals surface area contributed by atoms with E-state index in [0.717, 1.165) is 38.7 Å². The highest BCUT2D eigenvalue weighted by Gasteiger charge is 2.51. The monoisotopic (exact) mass is 210 g/mol. The van der Waals surface area contributed by atoms with Gasteiger partial charge in [0.05, 0.1) is 11.7 Å². The predicted molar refractivity (Wildman–Crippen MR) is 56.1 cm³/mol. The van der Waals surface area contributed by atoms with Gasteiger partial charge in [-0.2, -0.15) is 0 Å². The lowest BCUT2D eigenvalue weighted by atomic mass is 10.1. The van der Waals surface area contributed by atoms with Crippen LogP contribution in [0.5, 0.6) is 0 Å². The second kappa shape index (κ2) is 4.52. The van der Waals surface area contributed by atoms with Crippen molar-refractivity contribution in [2.45, 2.75) is 56.5 Å². The molecule has 1 aliphatic carbocycles. The summed E-state index contributed by atoms with van der Waals surface area (Å²) >= 11 is 0. The molecule has 0 aromatic carbocycles. The maximum absolute atomic E-state index is 9.85. The van der Waals surface area contributed by atoms with Crippen LogP contribution in [0.4, 0.5) is 0 Å². The Labute approximate surface area is 90.8 Å². The van der Waals surface area contributed by atoms with Crippen LogP contribution in [0.3, 0.4) is 0 Å². The SMILES string of the molecule is C#CCC(O)C1(OC2CCCCO2)CC1. The second-order valence-corrected chi connectivity index (χ2v) is 4.40. The van der Waals surface area contributed by atoms with E-state index in [1.165, 1.54) is 0 Å². The minimum Gasteiger partial charge on any atom is -0.389 e. The summed E-state index contributed by atoms with van der Waals surface area (Å²) < 4.78 is 11.3. The molecule has 1 saturated heterocycles. The molecule has 0 aromatic rings. The van der Waals surface area contributed by atoms with Crippen molar-refractivity contribution in [2.75, 3.05) is 6.61 Å². The average molecular weight is 210 g/mol. The highest BCUT2D eigenvalue weighted by atomic mass is 16.7. The van der Waals surface area contributed by atoms with E-state index in [9.17, 15) is 5.11 Å². The molecule has 0 radical (unpaired) electrons. The Morgan fingerprint density at radius 1 is 1.53 bits per heavy atom. The zero-order valence-electron chi connectivity index (χ0n) is 8.95. The van der Waals surface area contributed by atoms with Crippen LogP contribution in [0, 0.1) is 12.3 Å². The van der Waals surface area contributed by atoms with E-state index in [-0.39, 0.29) is 6.29 Å². The van der Waals surface area contributed by atoms with Gasteiger partial charge in [0.1, 0.15) is 0 Å². The third-order valence-corrected chi connectivity index (χ3v) is 3.17. The molecular weight excluding hydrogens is 192 g/mol. The van der Waals surface area contributed by atoms with Gasteiger partial charge in [0.25, 0.3) is 0 Å². The van der Waals surface area contributed by atoms with Crippen LogP contribution in [-0.2, 0) is 9.47 Å². The zero-order valence-corrected chi connectivity index (χ0v) is 8.95. The van der Waals surface area contributed by atoms with Gasteiger partial charge in [-0.25, -0.2) is 0 Å². The lowest BCUT2D eigenvalue weighted by Crippen LogP contribution is -2.37. The Kier molecular flexibility index (Phi) is 3.30. The highest BCUT2D eigenvalue weighted by Crippen LogP contribution is 2.45. The Morgan fingerprint density at radius 3 is 2.87 bits per heavy atom. The van der Waals surface area contributed by atoms with Crippen LogP contribution in [0.25, 0.3) is 0 Å². The third-order valence-electron chi connectivity index (χ3n) is 3.17. The van der Waals surface area contributed by atoms with Crippen molar-refractivity contribution in [3.63, 3.8) is 0 Å². The van der Waals surface area contributed by atoms with Crippen molar-refractivity contribution in [3.8, 4) is 12.3 Å². The van der Waals surface area contributed by atoms with Crippen LogP contribution in [0.15, 0.2) is 0 Å². The van der Waals surface area contributed by atoms with Gasteiger partial charge in [0.15, 0.2) is 6.29 Å². The molecular formula is C12H18O3.